The standard InChI is InChI=1S/C18H27N3O3/c1-20(2)15-6-3-5-14(11-15)12-19-18(22)21-8-10-23-13-16(21)17-7-4-9-24-17/h3,5-6,11,16-17H,4,7-10,12-13H2,1-2H3,(H,19,22)/t16-,17+/m0/s1. The van der Waals surface area contributed by atoms with Crippen LogP contribution in [0.5, 0.6) is 0 Å². The number of anilines is 1. The molecule has 24 heavy (non-hydrogen) atoms. The predicted molar refractivity (Wildman–Crippen MR) is 93.3 cm³/mol. The van der Waals surface area contributed by atoms with Crippen LogP contribution in [0.4, 0.5) is 10.5 Å². The maximum Gasteiger partial charge on any atom is 0.318 e. The first-order valence-corrected chi connectivity index (χ1v) is 8.65. The summed E-state index contributed by atoms with van der Waals surface area (Å²) in [5.41, 5.74) is 2.22. The van der Waals surface area contributed by atoms with Crippen molar-refractivity contribution in [3.8, 4) is 0 Å². The molecule has 3 rings (SSSR count). The van der Waals surface area contributed by atoms with Crippen molar-refractivity contribution in [1.82, 2.24) is 10.2 Å². The van der Waals surface area contributed by atoms with Gasteiger partial charge in [0.05, 0.1) is 25.4 Å². The summed E-state index contributed by atoms with van der Waals surface area (Å²) in [7, 11) is 4.02. The largest absolute Gasteiger partial charge is 0.378 e. The van der Waals surface area contributed by atoms with Crippen LogP contribution in [0.1, 0.15) is 18.4 Å². The van der Waals surface area contributed by atoms with Gasteiger partial charge in [-0.1, -0.05) is 12.1 Å². The van der Waals surface area contributed by atoms with Crippen molar-refractivity contribution in [2.24, 2.45) is 0 Å². The Morgan fingerprint density at radius 3 is 3.00 bits per heavy atom. The van der Waals surface area contributed by atoms with Gasteiger partial charge in [0, 0.05) is 39.5 Å². The van der Waals surface area contributed by atoms with Crippen molar-refractivity contribution < 1.29 is 14.3 Å². The molecule has 0 aromatic heterocycles. The number of nitrogens with zero attached hydrogens (tertiary/aromatic N) is 2. The van der Waals surface area contributed by atoms with Crippen LogP contribution in [0.3, 0.4) is 0 Å². The third-order valence-corrected chi connectivity index (χ3v) is 4.69. The third kappa shape index (κ3) is 3.99. The zero-order valence-electron chi connectivity index (χ0n) is 14.5. The molecule has 2 fully saturated rings. The molecule has 6 nitrogen and oxygen atoms in total. The number of nitrogens with one attached hydrogen (secondary N) is 1. The number of hydrogen-bond acceptors (Lipinski definition) is 4. The third-order valence-electron chi connectivity index (χ3n) is 4.69. The summed E-state index contributed by atoms with van der Waals surface area (Å²) < 4.78 is 11.3. The average molecular weight is 333 g/mol. The Morgan fingerprint density at radius 2 is 2.25 bits per heavy atom. The number of carbonyl (C=O) groups is 1. The van der Waals surface area contributed by atoms with E-state index in [0.29, 0.717) is 26.3 Å². The lowest BCUT2D eigenvalue weighted by Crippen LogP contribution is -2.56. The van der Waals surface area contributed by atoms with E-state index in [-0.39, 0.29) is 18.2 Å². The fraction of sp³-hybridized carbons (Fsp3) is 0.611. The minimum absolute atomic E-state index is 0.0226. The average Bonchev–Trinajstić information content (AvgIpc) is 3.14. The molecule has 6 heteroatoms. The number of rotatable bonds is 4. The molecule has 0 spiro atoms. The van der Waals surface area contributed by atoms with E-state index >= 15 is 0 Å². The van der Waals surface area contributed by atoms with Gasteiger partial charge in [0.1, 0.15) is 0 Å². The molecule has 2 atom stereocenters. The van der Waals surface area contributed by atoms with E-state index in [1.54, 1.807) is 0 Å². The molecule has 0 aliphatic carbocycles. The van der Waals surface area contributed by atoms with E-state index in [1.165, 1.54) is 0 Å². The van der Waals surface area contributed by atoms with Crippen molar-refractivity contribution >= 4 is 11.7 Å². The predicted octanol–water partition coefficient (Wildman–Crippen LogP) is 1.84. The van der Waals surface area contributed by atoms with Gasteiger partial charge in [-0.15, -0.1) is 0 Å². The summed E-state index contributed by atoms with van der Waals surface area (Å²) >= 11 is 0. The van der Waals surface area contributed by atoms with Crippen LogP contribution in [0.15, 0.2) is 24.3 Å². The van der Waals surface area contributed by atoms with Crippen LogP contribution in [0.25, 0.3) is 0 Å². The minimum Gasteiger partial charge on any atom is -0.378 e. The Labute approximate surface area is 143 Å². The summed E-state index contributed by atoms with van der Waals surface area (Å²) in [5.74, 6) is 0. The number of benzene rings is 1. The Balaban J connectivity index is 1.59. The smallest absolute Gasteiger partial charge is 0.318 e. The quantitative estimate of drug-likeness (QED) is 0.913. The van der Waals surface area contributed by atoms with Crippen molar-refractivity contribution in [3.63, 3.8) is 0 Å². The lowest BCUT2D eigenvalue weighted by Gasteiger charge is -2.38. The topological polar surface area (TPSA) is 54.0 Å². The van der Waals surface area contributed by atoms with Crippen LogP contribution in [-0.4, -0.2) is 63.5 Å². The van der Waals surface area contributed by atoms with Gasteiger partial charge in [0.2, 0.25) is 0 Å². The van der Waals surface area contributed by atoms with Crippen LogP contribution in [-0.2, 0) is 16.0 Å². The van der Waals surface area contributed by atoms with E-state index in [9.17, 15) is 4.79 Å². The molecule has 2 aliphatic heterocycles. The second-order valence-electron chi connectivity index (χ2n) is 6.61. The zero-order valence-corrected chi connectivity index (χ0v) is 14.5. The molecule has 1 aromatic carbocycles. The van der Waals surface area contributed by atoms with E-state index in [0.717, 1.165) is 30.7 Å². The first kappa shape index (κ1) is 17.0. The summed E-state index contributed by atoms with van der Waals surface area (Å²) in [6, 6.07) is 8.19. The van der Waals surface area contributed by atoms with Gasteiger partial charge in [-0.05, 0) is 30.5 Å². The normalized spacial score (nSPS) is 24.0. The molecule has 2 amide bonds. The molecule has 2 aliphatic rings. The second-order valence-corrected chi connectivity index (χ2v) is 6.61. The number of carbonyl (C=O) groups excluding carboxylic acids is 1. The summed E-state index contributed by atoms with van der Waals surface area (Å²) in [5, 5.41) is 3.05. The van der Waals surface area contributed by atoms with Gasteiger partial charge in [0.25, 0.3) is 0 Å². The van der Waals surface area contributed by atoms with E-state index in [2.05, 4.69) is 22.3 Å². The first-order chi connectivity index (χ1) is 11.6. The fourth-order valence-corrected chi connectivity index (χ4v) is 3.31. The van der Waals surface area contributed by atoms with Gasteiger partial charge < -0.3 is 24.6 Å². The summed E-state index contributed by atoms with van der Waals surface area (Å²) in [6.45, 7) is 3.08. The maximum atomic E-state index is 12.7. The lowest BCUT2D eigenvalue weighted by atomic mass is 10.1. The Kier molecular flexibility index (Phi) is 5.58. The Morgan fingerprint density at radius 1 is 1.38 bits per heavy atom. The number of hydrogen-bond donors (Lipinski definition) is 1. The summed E-state index contributed by atoms with van der Waals surface area (Å²) in [4.78, 5) is 16.6. The first-order valence-electron chi connectivity index (χ1n) is 8.65. The number of ether oxygens (including phenoxy) is 2. The molecule has 132 valence electrons. The molecule has 0 saturated carbocycles. The highest BCUT2D eigenvalue weighted by Crippen LogP contribution is 2.22. The Bertz CT molecular complexity index is 558. The van der Waals surface area contributed by atoms with Crippen molar-refractivity contribution in [2.75, 3.05) is 45.4 Å². The molecule has 2 heterocycles. The molecule has 0 bridgehead atoms. The SMILES string of the molecule is CN(C)c1cccc(CNC(=O)N2CCOC[C@H]2[C@H]2CCCO2)c1. The van der Waals surface area contributed by atoms with Crippen molar-refractivity contribution in [2.45, 2.75) is 31.5 Å². The van der Waals surface area contributed by atoms with Crippen molar-refractivity contribution in [1.29, 1.82) is 0 Å². The van der Waals surface area contributed by atoms with Crippen molar-refractivity contribution in [3.05, 3.63) is 29.8 Å². The van der Waals surface area contributed by atoms with Crippen LogP contribution < -0.4 is 10.2 Å². The Hall–Kier alpha value is -1.79. The van der Waals surface area contributed by atoms with Crippen LogP contribution in [0, 0.1) is 0 Å². The highest BCUT2D eigenvalue weighted by Gasteiger charge is 2.35. The second kappa shape index (κ2) is 7.85. The van der Waals surface area contributed by atoms with E-state index in [4.69, 9.17) is 9.47 Å². The number of amides is 2. The highest BCUT2D eigenvalue weighted by molar-refractivity contribution is 5.74. The van der Waals surface area contributed by atoms with E-state index < -0.39 is 0 Å². The highest BCUT2D eigenvalue weighted by atomic mass is 16.5. The molecule has 0 radical (unpaired) electrons. The maximum absolute atomic E-state index is 12.7. The molecular formula is C18H27N3O3. The molecule has 1 aromatic rings. The monoisotopic (exact) mass is 333 g/mol. The molecular weight excluding hydrogens is 306 g/mol. The number of morpholine rings is 1. The van der Waals surface area contributed by atoms with Gasteiger partial charge in [0.15, 0.2) is 0 Å². The molecule has 2 saturated heterocycles. The lowest BCUT2D eigenvalue weighted by molar-refractivity contribution is -0.0473. The molecule has 0 unspecified atom stereocenters. The number of urea groups is 1. The summed E-state index contributed by atoms with van der Waals surface area (Å²) in [6.07, 6.45) is 2.17. The van der Waals surface area contributed by atoms with Gasteiger partial charge >= 0.3 is 6.03 Å². The zero-order chi connectivity index (χ0) is 16.9. The van der Waals surface area contributed by atoms with Gasteiger partial charge in [-0.25, -0.2) is 4.79 Å². The molecule has 1 N–H and O–H groups in total. The van der Waals surface area contributed by atoms with E-state index in [1.807, 2.05) is 31.1 Å². The van der Waals surface area contributed by atoms with Crippen LogP contribution in [0.2, 0.25) is 0 Å². The minimum atomic E-state index is -0.0333. The van der Waals surface area contributed by atoms with Crippen LogP contribution >= 0.6 is 0 Å². The fourth-order valence-electron chi connectivity index (χ4n) is 3.31. The van der Waals surface area contributed by atoms with Gasteiger partial charge in [-0.2, -0.15) is 0 Å². The van der Waals surface area contributed by atoms with Gasteiger partial charge in [-0.3, -0.25) is 0 Å².